The molecule has 1 saturated carbocycles. The van der Waals surface area contributed by atoms with Crippen molar-refractivity contribution in [2.75, 3.05) is 26.7 Å². The number of aryl methyl sites for hydroxylation is 1. The number of benzene rings is 1. The molecule has 3 heteroatoms. The summed E-state index contributed by atoms with van der Waals surface area (Å²) in [6, 6.07) is 8.48. The van der Waals surface area contributed by atoms with Gasteiger partial charge in [-0.25, -0.2) is 0 Å². The number of carbonyl (C=O) groups is 1. The summed E-state index contributed by atoms with van der Waals surface area (Å²) in [6.45, 7) is 5.06. The van der Waals surface area contributed by atoms with E-state index in [1.54, 1.807) is 0 Å². The van der Waals surface area contributed by atoms with E-state index in [1.807, 2.05) is 7.05 Å². The number of likely N-dealkylation sites (tertiary alicyclic amines) is 1. The fourth-order valence-electron chi connectivity index (χ4n) is 3.54. The third-order valence-corrected chi connectivity index (χ3v) is 4.79. The van der Waals surface area contributed by atoms with Crippen molar-refractivity contribution in [2.45, 2.75) is 25.7 Å². The Balaban J connectivity index is 1.60. The smallest absolute Gasteiger partial charge is 0.226 e. The maximum absolute atomic E-state index is 12.6. The molecule has 1 heterocycles. The maximum Gasteiger partial charge on any atom is 0.226 e. The van der Waals surface area contributed by atoms with Crippen molar-refractivity contribution < 1.29 is 4.79 Å². The van der Waals surface area contributed by atoms with Crippen LogP contribution in [-0.2, 0) is 4.79 Å². The minimum absolute atomic E-state index is 0.240. The Morgan fingerprint density at radius 1 is 1.40 bits per heavy atom. The molecule has 1 N–H and O–H groups in total. The van der Waals surface area contributed by atoms with E-state index in [9.17, 15) is 4.79 Å². The molecule has 0 radical (unpaired) electrons. The van der Waals surface area contributed by atoms with E-state index < -0.39 is 0 Å². The Morgan fingerprint density at radius 2 is 2.20 bits per heavy atom. The summed E-state index contributed by atoms with van der Waals surface area (Å²) in [5.74, 6) is 1.73. The van der Waals surface area contributed by atoms with Gasteiger partial charge in [-0.15, -0.1) is 0 Å². The zero-order valence-electron chi connectivity index (χ0n) is 12.4. The lowest BCUT2D eigenvalue weighted by Crippen LogP contribution is -2.31. The van der Waals surface area contributed by atoms with Gasteiger partial charge in [0.1, 0.15) is 0 Å². The SMILES string of the molecule is CNCC1CCN(C(=O)C2CC2c2ccccc2C)C1. The third kappa shape index (κ3) is 2.59. The molecule has 0 spiro atoms. The molecule has 2 aliphatic rings. The van der Waals surface area contributed by atoms with Gasteiger partial charge in [-0.2, -0.15) is 0 Å². The van der Waals surface area contributed by atoms with Crippen LogP contribution >= 0.6 is 0 Å². The van der Waals surface area contributed by atoms with Gasteiger partial charge >= 0.3 is 0 Å². The van der Waals surface area contributed by atoms with E-state index in [-0.39, 0.29) is 5.92 Å². The predicted molar refractivity (Wildman–Crippen MR) is 80.6 cm³/mol. The van der Waals surface area contributed by atoms with E-state index in [1.165, 1.54) is 11.1 Å². The number of nitrogens with one attached hydrogen (secondary N) is 1. The van der Waals surface area contributed by atoms with Gasteiger partial charge in [-0.3, -0.25) is 4.79 Å². The molecule has 3 nitrogen and oxygen atoms in total. The lowest BCUT2D eigenvalue weighted by atomic mass is 10.0. The molecular formula is C17H24N2O. The van der Waals surface area contributed by atoms with Crippen molar-refractivity contribution in [3.8, 4) is 0 Å². The van der Waals surface area contributed by atoms with Gasteiger partial charge in [0, 0.05) is 19.0 Å². The molecule has 1 amide bonds. The van der Waals surface area contributed by atoms with Crippen LogP contribution in [0.3, 0.4) is 0 Å². The quantitative estimate of drug-likeness (QED) is 0.911. The largest absolute Gasteiger partial charge is 0.342 e. The lowest BCUT2D eigenvalue weighted by molar-refractivity contribution is -0.131. The average Bonchev–Trinajstić information content (AvgIpc) is 3.10. The van der Waals surface area contributed by atoms with Gasteiger partial charge in [0.2, 0.25) is 5.91 Å². The summed E-state index contributed by atoms with van der Waals surface area (Å²) in [6.07, 6.45) is 2.19. The van der Waals surface area contributed by atoms with Crippen LogP contribution in [0.2, 0.25) is 0 Å². The number of nitrogens with zero attached hydrogens (tertiary/aromatic N) is 1. The molecule has 1 aromatic carbocycles. The Bertz CT molecular complexity index is 500. The first-order chi connectivity index (χ1) is 9.70. The van der Waals surface area contributed by atoms with Crippen molar-refractivity contribution in [3.05, 3.63) is 35.4 Å². The zero-order valence-corrected chi connectivity index (χ0v) is 12.4. The fourth-order valence-corrected chi connectivity index (χ4v) is 3.54. The van der Waals surface area contributed by atoms with E-state index in [0.29, 0.717) is 17.7 Å². The van der Waals surface area contributed by atoms with E-state index in [0.717, 1.165) is 32.5 Å². The highest BCUT2D eigenvalue weighted by atomic mass is 16.2. The molecule has 1 aromatic rings. The predicted octanol–water partition coefficient (Wildman–Crippen LogP) is 2.17. The number of rotatable bonds is 4. The maximum atomic E-state index is 12.6. The molecular weight excluding hydrogens is 248 g/mol. The van der Waals surface area contributed by atoms with Crippen LogP contribution in [0.15, 0.2) is 24.3 Å². The Morgan fingerprint density at radius 3 is 2.95 bits per heavy atom. The van der Waals surface area contributed by atoms with Crippen LogP contribution in [0, 0.1) is 18.8 Å². The second-order valence-electron chi connectivity index (χ2n) is 6.30. The molecule has 3 atom stereocenters. The molecule has 0 aromatic heterocycles. The normalized spacial score (nSPS) is 28.7. The van der Waals surface area contributed by atoms with Gasteiger partial charge in [0.15, 0.2) is 0 Å². The third-order valence-electron chi connectivity index (χ3n) is 4.79. The van der Waals surface area contributed by atoms with Crippen LogP contribution < -0.4 is 5.32 Å². The summed E-state index contributed by atoms with van der Waals surface area (Å²) in [5.41, 5.74) is 2.69. The van der Waals surface area contributed by atoms with Crippen LogP contribution in [0.1, 0.15) is 29.9 Å². The number of hydrogen-bond donors (Lipinski definition) is 1. The molecule has 1 aliphatic carbocycles. The Hall–Kier alpha value is -1.35. The van der Waals surface area contributed by atoms with E-state index >= 15 is 0 Å². The van der Waals surface area contributed by atoms with Gasteiger partial charge in [-0.1, -0.05) is 24.3 Å². The van der Waals surface area contributed by atoms with Crippen molar-refractivity contribution in [1.29, 1.82) is 0 Å². The molecule has 0 bridgehead atoms. The van der Waals surface area contributed by atoms with Gasteiger partial charge < -0.3 is 10.2 Å². The summed E-state index contributed by atoms with van der Waals surface area (Å²) < 4.78 is 0. The van der Waals surface area contributed by atoms with E-state index in [4.69, 9.17) is 0 Å². The topological polar surface area (TPSA) is 32.3 Å². The minimum Gasteiger partial charge on any atom is -0.342 e. The van der Waals surface area contributed by atoms with Gasteiger partial charge in [0.05, 0.1) is 0 Å². The minimum atomic E-state index is 0.240. The number of carbonyl (C=O) groups excluding carboxylic acids is 1. The van der Waals surface area contributed by atoms with E-state index in [2.05, 4.69) is 41.4 Å². The van der Waals surface area contributed by atoms with Gasteiger partial charge in [-0.05, 0) is 56.3 Å². The molecule has 108 valence electrons. The summed E-state index contributed by atoms with van der Waals surface area (Å²) in [5, 5.41) is 3.22. The second kappa shape index (κ2) is 5.57. The van der Waals surface area contributed by atoms with Crippen LogP contribution in [0.4, 0.5) is 0 Å². The Labute approximate surface area is 121 Å². The second-order valence-corrected chi connectivity index (χ2v) is 6.30. The van der Waals surface area contributed by atoms with Crippen LogP contribution in [-0.4, -0.2) is 37.5 Å². The lowest BCUT2D eigenvalue weighted by Gasteiger charge is -2.17. The highest BCUT2D eigenvalue weighted by molar-refractivity contribution is 5.83. The molecule has 2 fully saturated rings. The standard InChI is InChI=1S/C17H24N2O/c1-12-5-3-4-6-14(12)15-9-16(15)17(20)19-8-7-13(11-19)10-18-2/h3-6,13,15-16,18H,7-11H2,1-2H3. The number of amides is 1. The first-order valence-corrected chi connectivity index (χ1v) is 7.69. The highest BCUT2D eigenvalue weighted by Gasteiger charge is 2.47. The fraction of sp³-hybridized carbons (Fsp3) is 0.588. The van der Waals surface area contributed by atoms with Crippen LogP contribution in [0.25, 0.3) is 0 Å². The van der Waals surface area contributed by atoms with Crippen molar-refractivity contribution >= 4 is 5.91 Å². The van der Waals surface area contributed by atoms with Crippen LogP contribution in [0.5, 0.6) is 0 Å². The highest BCUT2D eigenvalue weighted by Crippen LogP contribution is 2.49. The summed E-state index contributed by atoms with van der Waals surface area (Å²) in [7, 11) is 1.99. The molecule has 20 heavy (non-hydrogen) atoms. The molecule has 3 rings (SSSR count). The monoisotopic (exact) mass is 272 g/mol. The zero-order chi connectivity index (χ0) is 14.1. The summed E-state index contributed by atoms with van der Waals surface area (Å²) >= 11 is 0. The molecule has 1 aliphatic heterocycles. The number of hydrogen-bond acceptors (Lipinski definition) is 2. The first-order valence-electron chi connectivity index (χ1n) is 7.69. The molecule has 1 saturated heterocycles. The summed E-state index contributed by atoms with van der Waals surface area (Å²) in [4.78, 5) is 14.6. The van der Waals surface area contributed by atoms with Crippen molar-refractivity contribution in [3.63, 3.8) is 0 Å². The Kier molecular flexibility index (Phi) is 3.79. The van der Waals surface area contributed by atoms with Crippen molar-refractivity contribution in [1.82, 2.24) is 10.2 Å². The average molecular weight is 272 g/mol. The van der Waals surface area contributed by atoms with Gasteiger partial charge in [0.25, 0.3) is 0 Å². The first kappa shape index (κ1) is 13.6. The molecule has 3 unspecified atom stereocenters. The van der Waals surface area contributed by atoms with Crippen molar-refractivity contribution in [2.24, 2.45) is 11.8 Å².